The van der Waals surface area contributed by atoms with E-state index in [4.69, 9.17) is 4.74 Å². The first-order valence-electron chi connectivity index (χ1n) is 10.1. The highest BCUT2D eigenvalue weighted by Gasteiger charge is 2.56. The lowest BCUT2D eigenvalue weighted by Crippen LogP contribution is -2.43. The monoisotopic (exact) mass is 354 g/mol. The molecule has 2 fully saturated rings. The summed E-state index contributed by atoms with van der Waals surface area (Å²) in [5.41, 5.74) is 4.17. The lowest BCUT2D eigenvalue weighted by atomic mass is 9.53. The van der Waals surface area contributed by atoms with Crippen molar-refractivity contribution in [2.45, 2.75) is 72.1 Å². The van der Waals surface area contributed by atoms with Crippen molar-refractivity contribution in [3.63, 3.8) is 0 Å². The van der Waals surface area contributed by atoms with Crippen molar-refractivity contribution in [2.75, 3.05) is 0 Å². The second kappa shape index (κ2) is 6.21. The summed E-state index contributed by atoms with van der Waals surface area (Å²) in [6, 6.07) is 4.07. The third-order valence-electron chi connectivity index (χ3n) is 7.83. The standard InChI is InChI=1S/C23H30O3/c1-13-5-10-21(26-15(3)25)22-16(13)6-7-17-18(22)11-12-23(4)19(14(2)24)8-9-20(17)23/h5,10,17-20H,6-9,11-12H2,1-4H3/t17-,18+,19-,20+,23-/m1/s1. The van der Waals surface area contributed by atoms with E-state index < -0.39 is 0 Å². The average molecular weight is 354 g/mol. The number of Topliss-reactive ketones (excluding diaryl/α,β-unsaturated/α-hetero) is 1. The molecule has 0 amide bonds. The molecule has 0 aromatic heterocycles. The number of carbonyl (C=O) groups excluding carboxylic acids is 2. The first-order chi connectivity index (χ1) is 12.3. The molecule has 3 aliphatic rings. The van der Waals surface area contributed by atoms with Crippen LogP contribution in [0.4, 0.5) is 0 Å². The van der Waals surface area contributed by atoms with Crippen LogP contribution in [0.25, 0.3) is 0 Å². The molecule has 5 atom stereocenters. The van der Waals surface area contributed by atoms with Gasteiger partial charge in [-0.05, 0) is 92.7 Å². The number of esters is 1. The summed E-state index contributed by atoms with van der Waals surface area (Å²) in [7, 11) is 0. The van der Waals surface area contributed by atoms with Crippen LogP contribution in [0, 0.1) is 30.1 Å². The molecule has 0 unspecified atom stereocenters. The Kier molecular flexibility index (Phi) is 4.24. The Labute approximate surface area is 156 Å². The van der Waals surface area contributed by atoms with E-state index in [-0.39, 0.29) is 17.3 Å². The largest absolute Gasteiger partial charge is 0.426 e. The summed E-state index contributed by atoms with van der Waals surface area (Å²) < 4.78 is 5.62. The minimum absolute atomic E-state index is 0.163. The van der Waals surface area contributed by atoms with Crippen LogP contribution in [0.1, 0.15) is 75.5 Å². The summed E-state index contributed by atoms with van der Waals surface area (Å²) in [4.78, 5) is 23.9. The van der Waals surface area contributed by atoms with Gasteiger partial charge in [-0.2, -0.15) is 0 Å². The lowest BCUT2D eigenvalue weighted by molar-refractivity contribution is -0.132. The number of ether oxygens (including phenoxy) is 1. The molecule has 3 aliphatic carbocycles. The maximum Gasteiger partial charge on any atom is 0.308 e. The molecule has 4 rings (SSSR count). The molecule has 0 saturated heterocycles. The van der Waals surface area contributed by atoms with Gasteiger partial charge in [-0.15, -0.1) is 0 Å². The van der Waals surface area contributed by atoms with Gasteiger partial charge in [0.2, 0.25) is 0 Å². The number of fused-ring (bicyclic) bond motifs is 5. The Hall–Kier alpha value is -1.64. The van der Waals surface area contributed by atoms with Crippen LogP contribution in [0.15, 0.2) is 12.1 Å². The molecule has 1 aromatic rings. The van der Waals surface area contributed by atoms with Crippen LogP contribution in [-0.4, -0.2) is 11.8 Å². The highest BCUT2D eigenvalue weighted by atomic mass is 16.5. The Morgan fingerprint density at radius 3 is 2.58 bits per heavy atom. The Morgan fingerprint density at radius 2 is 1.88 bits per heavy atom. The molecule has 26 heavy (non-hydrogen) atoms. The van der Waals surface area contributed by atoms with Gasteiger partial charge in [0.15, 0.2) is 0 Å². The van der Waals surface area contributed by atoms with Gasteiger partial charge in [-0.25, -0.2) is 0 Å². The second-order valence-electron chi connectivity index (χ2n) is 9.07. The first-order valence-corrected chi connectivity index (χ1v) is 10.1. The van der Waals surface area contributed by atoms with E-state index in [0.29, 0.717) is 23.5 Å². The zero-order chi connectivity index (χ0) is 18.6. The number of ketones is 1. The van der Waals surface area contributed by atoms with Gasteiger partial charge in [-0.1, -0.05) is 13.0 Å². The van der Waals surface area contributed by atoms with Crippen LogP contribution >= 0.6 is 0 Å². The van der Waals surface area contributed by atoms with E-state index in [1.807, 2.05) is 6.07 Å². The molecule has 0 bridgehead atoms. The maximum absolute atomic E-state index is 12.2. The van der Waals surface area contributed by atoms with E-state index in [1.165, 1.54) is 36.5 Å². The van der Waals surface area contributed by atoms with Crippen molar-refractivity contribution in [1.29, 1.82) is 0 Å². The summed E-state index contributed by atoms with van der Waals surface area (Å²) in [5, 5.41) is 0. The van der Waals surface area contributed by atoms with Crippen molar-refractivity contribution in [2.24, 2.45) is 23.2 Å². The summed E-state index contributed by atoms with van der Waals surface area (Å²) in [6.45, 7) is 7.80. The second-order valence-corrected chi connectivity index (χ2v) is 9.07. The zero-order valence-electron chi connectivity index (χ0n) is 16.4. The van der Waals surface area contributed by atoms with E-state index in [1.54, 1.807) is 6.92 Å². The molecule has 0 N–H and O–H groups in total. The van der Waals surface area contributed by atoms with Crippen LogP contribution in [0.3, 0.4) is 0 Å². The Morgan fingerprint density at radius 1 is 1.12 bits per heavy atom. The van der Waals surface area contributed by atoms with Gasteiger partial charge in [0.05, 0.1) is 0 Å². The van der Waals surface area contributed by atoms with Crippen molar-refractivity contribution in [3.05, 3.63) is 28.8 Å². The molecule has 3 heteroatoms. The molecule has 0 aliphatic heterocycles. The van der Waals surface area contributed by atoms with Crippen molar-refractivity contribution in [1.82, 2.24) is 0 Å². The fourth-order valence-corrected chi connectivity index (χ4v) is 6.76. The quantitative estimate of drug-likeness (QED) is 0.555. The number of benzene rings is 1. The van der Waals surface area contributed by atoms with Gasteiger partial charge in [0.25, 0.3) is 0 Å². The zero-order valence-corrected chi connectivity index (χ0v) is 16.4. The lowest BCUT2D eigenvalue weighted by Gasteiger charge is -2.51. The SMILES string of the molecule is CC(=O)Oc1ccc(C)c2c1[C@H]1CC[C@]3(C)[C@@H](C(C)=O)CC[C@H]3[C@@H]1CC2. The fourth-order valence-electron chi connectivity index (χ4n) is 6.76. The fraction of sp³-hybridized carbons (Fsp3) is 0.652. The minimum Gasteiger partial charge on any atom is -0.426 e. The Balaban J connectivity index is 1.74. The van der Waals surface area contributed by atoms with Gasteiger partial charge in [-0.3, -0.25) is 9.59 Å². The number of hydrogen-bond acceptors (Lipinski definition) is 3. The molecule has 0 radical (unpaired) electrons. The summed E-state index contributed by atoms with van der Waals surface area (Å²) in [6.07, 6.45) is 6.70. The summed E-state index contributed by atoms with van der Waals surface area (Å²) >= 11 is 0. The van der Waals surface area contributed by atoms with Crippen LogP contribution in [0.5, 0.6) is 5.75 Å². The topological polar surface area (TPSA) is 43.4 Å². The van der Waals surface area contributed by atoms with Crippen molar-refractivity contribution >= 4 is 11.8 Å². The van der Waals surface area contributed by atoms with Crippen molar-refractivity contribution < 1.29 is 14.3 Å². The molecular formula is C23H30O3. The van der Waals surface area contributed by atoms with Crippen LogP contribution in [0.2, 0.25) is 0 Å². The highest BCUT2D eigenvalue weighted by Crippen LogP contribution is 2.64. The first kappa shape index (κ1) is 17.8. The van der Waals surface area contributed by atoms with Crippen LogP contribution in [-0.2, 0) is 16.0 Å². The molecule has 0 spiro atoms. The van der Waals surface area contributed by atoms with E-state index in [2.05, 4.69) is 19.9 Å². The molecular weight excluding hydrogens is 324 g/mol. The molecule has 0 heterocycles. The van der Waals surface area contributed by atoms with E-state index in [9.17, 15) is 9.59 Å². The third-order valence-corrected chi connectivity index (χ3v) is 7.83. The number of rotatable bonds is 2. The predicted octanol–water partition coefficient (Wildman–Crippen LogP) is 4.98. The van der Waals surface area contributed by atoms with Crippen molar-refractivity contribution in [3.8, 4) is 5.75 Å². The van der Waals surface area contributed by atoms with Gasteiger partial charge in [0, 0.05) is 18.4 Å². The third kappa shape index (κ3) is 2.54. The maximum atomic E-state index is 12.2. The number of aryl methyl sites for hydroxylation is 1. The number of carbonyl (C=O) groups is 2. The average Bonchev–Trinajstić information content (AvgIpc) is 2.94. The van der Waals surface area contributed by atoms with Gasteiger partial charge < -0.3 is 4.74 Å². The number of hydrogen-bond donors (Lipinski definition) is 0. The molecule has 3 nitrogen and oxygen atoms in total. The molecule has 1 aromatic carbocycles. The van der Waals surface area contributed by atoms with Gasteiger partial charge >= 0.3 is 5.97 Å². The highest BCUT2D eigenvalue weighted by molar-refractivity contribution is 5.79. The predicted molar refractivity (Wildman–Crippen MR) is 101 cm³/mol. The molecule has 2 saturated carbocycles. The van der Waals surface area contributed by atoms with E-state index >= 15 is 0 Å². The minimum atomic E-state index is -0.240. The summed E-state index contributed by atoms with van der Waals surface area (Å²) in [5.74, 6) is 2.85. The smallest absolute Gasteiger partial charge is 0.308 e. The van der Waals surface area contributed by atoms with E-state index in [0.717, 1.165) is 31.4 Å². The van der Waals surface area contributed by atoms with Gasteiger partial charge in [0.1, 0.15) is 11.5 Å². The normalized spacial score (nSPS) is 35.2. The molecule has 140 valence electrons. The Bertz CT molecular complexity index is 765. The van der Waals surface area contributed by atoms with Crippen LogP contribution < -0.4 is 4.74 Å².